The van der Waals surface area contributed by atoms with E-state index in [0.29, 0.717) is 5.56 Å². The molecule has 0 fully saturated rings. The van der Waals surface area contributed by atoms with Crippen molar-refractivity contribution in [2.24, 2.45) is 0 Å². The predicted molar refractivity (Wildman–Crippen MR) is 105 cm³/mol. The van der Waals surface area contributed by atoms with Crippen LogP contribution in [0.25, 0.3) is 11.0 Å². The van der Waals surface area contributed by atoms with Crippen LogP contribution in [-0.4, -0.2) is 34.1 Å². The zero-order valence-corrected chi connectivity index (χ0v) is 16.1. The van der Waals surface area contributed by atoms with Gasteiger partial charge in [-0.15, -0.1) is 0 Å². The first-order valence-electron chi connectivity index (χ1n) is 9.85. The van der Waals surface area contributed by atoms with E-state index in [4.69, 9.17) is 10.2 Å². The first-order chi connectivity index (χ1) is 12.2. The van der Waals surface area contributed by atoms with Gasteiger partial charge in [-0.25, -0.2) is 4.98 Å². The van der Waals surface area contributed by atoms with Crippen LogP contribution in [-0.2, 0) is 13.0 Å². The second kappa shape index (κ2) is 10.2. The average molecular weight is 341 g/mol. The van der Waals surface area contributed by atoms with Gasteiger partial charge in [0, 0.05) is 13.0 Å². The molecule has 1 aromatic heterocycles. The van der Waals surface area contributed by atoms with Gasteiger partial charge in [-0.1, -0.05) is 20.8 Å². The van der Waals surface area contributed by atoms with Crippen LogP contribution in [0.5, 0.6) is 0 Å². The first-order valence-corrected chi connectivity index (χ1v) is 9.85. The smallest absolute Gasteiger partial charge is 0.109 e. The number of nitriles is 1. The number of rotatable bonds is 11. The van der Waals surface area contributed by atoms with Crippen LogP contribution in [0.4, 0.5) is 0 Å². The molecule has 2 rings (SSSR count). The number of imidazole rings is 1. The van der Waals surface area contributed by atoms with Gasteiger partial charge in [-0.05, 0) is 69.9 Å². The molecule has 1 aromatic carbocycles. The van der Waals surface area contributed by atoms with Crippen molar-refractivity contribution < 1.29 is 0 Å². The summed E-state index contributed by atoms with van der Waals surface area (Å²) in [4.78, 5) is 7.41. The van der Waals surface area contributed by atoms with Crippen LogP contribution in [0.3, 0.4) is 0 Å². The van der Waals surface area contributed by atoms with Gasteiger partial charge in [0.25, 0.3) is 0 Å². The maximum absolute atomic E-state index is 9.10. The summed E-state index contributed by atoms with van der Waals surface area (Å²) in [6.07, 6.45) is 6.96. The Labute approximate surface area is 152 Å². The molecule has 0 spiro atoms. The molecule has 136 valence electrons. The second-order valence-corrected chi connectivity index (χ2v) is 6.79. The maximum atomic E-state index is 9.10. The fourth-order valence-corrected chi connectivity index (χ4v) is 3.50. The van der Waals surface area contributed by atoms with Crippen molar-refractivity contribution in [2.75, 3.05) is 19.6 Å². The third-order valence-electron chi connectivity index (χ3n) is 4.61. The Kier molecular flexibility index (Phi) is 7.94. The van der Waals surface area contributed by atoms with Crippen LogP contribution in [0.1, 0.15) is 64.3 Å². The Morgan fingerprint density at radius 3 is 2.44 bits per heavy atom. The minimum absolute atomic E-state index is 0.690. The van der Waals surface area contributed by atoms with Crippen LogP contribution < -0.4 is 0 Å². The van der Waals surface area contributed by atoms with E-state index in [-0.39, 0.29) is 0 Å². The van der Waals surface area contributed by atoms with Crippen molar-refractivity contribution in [1.82, 2.24) is 14.5 Å². The van der Waals surface area contributed by atoms with Gasteiger partial charge < -0.3 is 9.47 Å². The number of fused-ring (bicyclic) bond motifs is 1. The lowest BCUT2D eigenvalue weighted by atomic mass is 10.2. The monoisotopic (exact) mass is 340 g/mol. The Morgan fingerprint density at radius 2 is 1.80 bits per heavy atom. The van der Waals surface area contributed by atoms with Crippen molar-refractivity contribution in [2.45, 2.75) is 65.8 Å². The molecule has 0 saturated heterocycles. The molecule has 25 heavy (non-hydrogen) atoms. The largest absolute Gasteiger partial charge is 0.328 e. The highest BCUT2D eigenvalue weighted by molar-refractivity contribution is 5.77. The molecule has 0 saturated carbocycles. The predicted octanol–water partition coefficient (Wildman–Crippen LogP) is 4.76. The lowest BCUT2D eigenvalue weighted by molar-refractivity contribution is 0.269. The maximum Gasteiger partial charge on any atom is 0.109 e. The highest BCUT2D eigenvalue weighted by Gasteiger charge is 2.11. The molecule has 0 unspecified atom stereocenters. The number of aromatic nitrogens is 2. The van der Waals surface area contributed by atoms with Gasteiger partial charge in [-0.3, -0.25) is 0 Å². The van der Waals surface area contributed by atoms with Gasteiger partial charge in [-0.2, -0.15) is 5.26 Å². The topological polar surface area (TPSA) is 44.9 Å². The van der Waals surface area contributed by atoms with Crippen LogP contribution in [0.2, 0.25) is 0 Å². The summed E-state index contributed by atoms with van der Waals surface area (Å²) < 4.78 is 2.34. The summed E-state index contributed by atoms with van der Waals surface area (Å²) in [5, 5.41) is 9.10. The molecule has 0 amide bonds. The molecule has 4 nitrogen and oxygen atoms in total. The minimum atomic E-state index is 0.690. The summed E-state index contributed by atoms with van der Waals surface area (Å²) in [7, 11) is 0. The number of benzene rings is 1. The van der Waals surface area contributed by atoms with E-state index in [2.05, 4.69) is 36.3 Å². The first kappa shape index (κ1) is 19.5. The molecule has 0 aliphatic carbocycles. The molecule has 4 heteroatoms. The Hall–Kier alpha value is -1.86. The van der Waals surface area contributed by atoms with E-state index in [1.165, 1.54) is 51.1 Å². The molecular formula is C21H32N4. The number of hydrogen-bond acceptors (Lipinski definition) is 3. The average Bonchev–Trinajstić information content (AvgIpc) is 2.96. The summed E-state index contributed by atoms with van der Waals surface area (Å²) in [6.45, 7) is 11.3. The van der Waals surface area contributed by atoms with E-state index < -0.39 is 0 Å². The molecule has 0 aliphatic rings. The number of hydrogen-bond donors (Lipinski definition) is 0. The summed E-state index contributed by atoms with van der Waals surface area (Å²) in [5.41, 5.74) is 2.81. The number of nitrogens with zero attached hydrogens (tertiary/aromatic N) is 4. The van der Waals surface area contributed by atoms with Gasteiger partial charge in [0.05, 0.1) is 22.7 Å². The van der Waals surface area contributed by atoms with E-state index in [0.717, 1.165) is 30.4 Å². The molecular weight excluding hydrogens is 308 g/mol. The fraction of sp³-hybridized carbons (Fsp3) is 0.619. The normalized spacial score (nSPS) is 11.3. The molecule has 1 heterocycles. The molecule has 0 N–H and O–H groups in total. The van der Waals surface area contributed by atoms with Gasteiger partial charge in [0.15, 0.2) is 0 Å². The number of aryl methyl sites for hydroxylation is 2. The summed E-state index contributed by atoms with van der Waals surface area (Å²) in [5.74, 6) is 1.17. The zero-order valence-electron chi connectivity index (χ0n) is 16.1. The second-order valence-electron chi connectivity index (χ2n) is 6.79. The van der Waals surface area contributed by atoms with Crippen molar-refractivity contribution in [3.63, 3.8) is 0 Å². The number of unbranched alkanes of at least 4 members (excludes halogenated alkanes) is 1. The third-order valence-corrected chi connectivity index (χ3v) is 4.61. The Bertz CT molecular complexity index is 690. The lowest BCUT2D eigenvalue weighted by Gasteiger charge is -2.20. The van der Waals surface area contributed by atoms with Gasteiger partial charge in [0.2, 0.25) is 0 Å². The van der Waals surface area contributed by atoms with Crippen molar-refractivity contribution >= 4 is 11.0 Å². The van der Waals surface area contributed by atoms with E-state index in [1.54, 1.807) is 0 Å². The quantitative estimate of drug-likeness (QED) is 0.554. The van der Waals surface area contributed by atoms with Gasteiger partial charge >= 0.3 is 0 Å². The van der Waals surface area contributed by atoms with E-state index in [9.17, 15) is 0 Å². The minimum Gasteiger partial charge on any atom is -0.328 e. The molecule has 0 atom stereocenters. The van der Waals surface area contributed by atoms with Crippen molar-refractivity contribution in [3.05, 3.63) is 29.6 Å². The highest BCUT2D eigenvalue weighted by Crippen LogP contribution is 2.20. The van der Waals surface area contributed by atoms with Crippen LogP contribution in [0.15, 0.2) is 18.2 Å². The third kappa shape index (κ3) is 5.31. The molecule has 0 bridgehead atoms. The zero-order chi connectivity index (χ0) is 18.1. The molecule has 0 aliphatic heterocycles. The highest BCUT2D eigenvalue weighted by atomic mass is 15.1. The Morgan fingerprint density at radius 1 is 1.04 bits per heavy atom. The summed E-state index contributed by atoms with van der Waals surface area (Å²) in [6, 6.07) is 8.07. The summed E-state index contributed by atoms with van der Waals surface area (Å²) >= 11 is 0. The van der Waals surface area contributed by atoms with Crippen LogP contribution >= 0.6 is 0 Å². The van der Waals surface area contributed by atoms with Gasteiger partial charge in [0.1, 0.15) is 5.82 Å². The Balaban J connectivity index is 2.02. The SMILES string of the molecule is CCCN(CCC)CCCCc1nc2cc(C#N)ccc2n1CCC. The molecule has 0 radical (unpaired) electrons. The van der Waals surface area contributed by atoms with E-state index in [1.807, 2.05) is 18.2 Å². The van der Waals surface area contributed by atoms with Crippen molar-refractivity contribution in [3.8, 4) is 6.07 Å². The lowest BCUT2D eigenvalue weighted by Crippen LogP contribution is -2.26. The van der Waals surface area contributed by atoms with Crippen molar-refractivity contribution in [1.29, 1.82) is 5.26 Å². The molecule has 2 aromatic rings. The standard InChI is InChI=1S/C21H32N4/c1-4-12-24(13-5-2)15-8-7-9-21-23-19-16-18(17-22)10-11-20(19)25(21)14-6-3/h10-11,16H,4-9,12-15H2,1-3H3. The van der Waals surface area contributed by atoms with Crippen LogP contribution in [0, 0.1) is 11.3 Å². The van der Waals surface area contributed by atoms with E-state index >= 15 is 0 Å². The fourth-order valence-electron chi connectivity index (χ4n) is 3.50.